The van der Waals surface area contributed by atoms with E-state index in [1.807, 2.05) is 18.2 Å². The van der Waals surface area contributed by atoms with E-state index in [1.165, 1.54) is 27.7 Å². The molecule has 2 N–H and O–H groups in total. The molecular weight excluding hydrogens is 298 g/mol. The third kappa shape index (κ3) is 2.39. The first-order valence-corrected chi connectivity index (χ1v) is 8.25. The van der Waals surface area contributed by atoms with E-state index in [4.69, 9.17) is 0 Å². The Morgan fingerprint density at radius 1 is 1.38 bits per heavy atom. The van der Waals surface area contributed by atoms with Crippen molar-refractivity contribution in [2.45, 2.75) is 19.4 Å². The lowest BCUT2D eigenvalue weighted by Gasteiger charge is -2.23. The molecular formula is C20H21N3O. The molecule has 0 saturated heterocycles. The number of aliphatic hydroxyl groups is 1. The number of aromatic nitrogens is 2. The molecule has 0 amide bonds. The molecule has 1 atom stereocenters. The third-order valence-electron chi connectivity index (χ3n) is 4.84. The van der Waals surface area contributed by atoms with Gasteiger partial charge >= 0.3 is 0 Å². The number of aliphatic hydroxyl groups excluding tert-OH is 1. The zero-order valence-electron chi connectivity index (χ0n) is 14.0. The van der Waals surface area contributed by atoms with Gasteiger partial charge in [-0.15, -0.1) is 0 Å². The van der Waals surface area contributed by atoms with Crippen molar-refractivity contribution >= 4 is 16.7 Å². The van der Waals surface area contributed by atoms with Crippen molar-refractivity contribution in [3.8, 4) is 0 Å². The zero-order chi connectivity index (χ0) is 16.7. The lowest BCUT2D eigenvalue weighted by molar-refractivity contribution is 0.500. The molecule has 4 heteroatoms. The van der Waals surface area contributed by atoms with Crippen LogP contribution in [0.5, 0.6) is 0 Å². The second-order valence-electron chi connectivity index (χ2n) is 6.47. The van der Waals surface area contributed by atoms with Gasteiger partial charge in [0.05, 0.1) is 0 Å². The summed E-state index contributed by atoms with van der Waals surface area (Å²) >= 11 is 0. The molecule has 1 unspecified atom stereocenters. The highest BCUT2D eigenvalue weighted by Crippen LogP contribution is 2.35. The summed E-state index contributed by atoms with van der Waals surface area (Å²) in [5, 5.41) is 15.3. The van der Waals surface area contributed by atoms with E-state index in [9.17, 15) is 5.11 Å². The Hall–Kier alpha value is -2.59. The fraction of sp³-hybridized carbons (Fsp3) is 0.250. The number of nitrogens with one attached hydrogen (secondary N) is 1. The molecule has 0 spiro atoms. The van der Waals surface area contributed by atoms with E-state index >= 15 is 0 Å². The highest BCUT2D eigenvalue weighted by atomic mass is 16.3. The van der Waals surface area contributed by atoms with Crippen molar-refractivity contribution in [2.75, 3.05) is 6.54 Å². The van der Waals surface area contributed by atoms with Crippen LogP contribution >= 0.6 is 0 Å². The molecule has 3 heterocycles. The summed E-state index contributed by atoms with van der Waals surface area (Å²) in [5.74, 6) is 0.413. The number of pyridine rings is 1. The van der Waals surface area contributed by atoms with Gasteiger partial charge in [0.15, 0.2) is 0 Å². The molecule has 0 radical (unpaired) electrons. The van der Waals surface area contributed by atoms with Gasteiger partial charge in [-0.3, -0.25) is 4.98 Å². The van der Waals surface area contributed by atoms with Gasteiger partial charge in [0.1, 0.15) is 5.76 Å². The van der Waals surface area contributed by atoms with Crippen LogP contribution in [0.15, 0.2) is 48.8 Å². The maximum Gasteiger partial charge on any atom is 0.121 e. The molecule has 122 valence electrons. The van der Waals surface area contributed by atoms with Crippen molar-refractivity contribution in [3.63, 3.8) is 0 Å². The molecule has 4 nitrogen and oxygen atoms in total. The normalized spacial score (nSPS) is 17.9. The largest absolute Gasteiger partial charge is 0.508 e. The van der Waals surface area contributed by atoms with Crippen molar-refractivity contribution in [2.24, 2.45) is 7.05 Å². The number of benzene rings is 1. The van der Waals surface area contributed by atoms with Crippen LogP contribution in [0.2, 0.25) is 0 Å². The van der Waals surface area contributed by atoms with Gasteiger partial charge in [-0.05, 0) is 42.8 Å². The minimum absolute atomic E-state index is 0.131. The lowest BCUT2D eigenvalue weighted by atomic mass is 9.94. The van der Waals surface area contributed by atoms with Crippen molar-refractivity contribution in [1.29, 1.82) is 0 Å². The van der Waals surface area contributed by atoms with Crippen LogP contribution in [-0.2, 0) is 13.6 Å². The summed E-state index contributed by atoms with van der Waals surface area (Å²) in [6.45, 7) is 3.81. The average Bonchev–Trinajstić information content (AvgIpc) is 2.89. The van der Waals surface area contributed by atoms with Crippen LogP contribution in [-0.4, -0.2) is 21.2 Å². The van der Waals surface area contributed by atoms with Crippen LogP contribution in [0.1, 0.15) is 28.3 Å². The van der Waals surface area contributed by atoms with E-state index in [0.717, 1.165) is 18.7 Å². The molecule has 0 aliphatic carbocycles. The predicted octanol–water partition coefficient (Wildman–Crippen LogP) is 3.67. The molecule has 1 aliphatic heterocycles. The Balaban J connectivity index is 1.83. The fourth-order valence-corrected chi connectivity index (χ4v) is 3.70. The van der Waals surface area contributed by atoms with Crippen LogP contribution < -0.4 is 5.32 Å². The maximum atomic E-state index is 10.5. The smallest absolute Gasteiger partial charge is 0.121 e. The Kier molecular flexibility index (Phi) is 3.62. The van der Waals surface area contributed by atoms with E-state index in [-0.39, 0.29) is 11.7 Å². The monoisotopic (exact) mass is 319 g/mol. The minimum atomic E-state index is 0.131. The summed E-state index contributed by atoms with van der Waals surface area (Å²) in [6.07, 6.45) is 5.34. The number of nitrogens with zero attached hydrogens (tertiary/aromatic N) is 2. The number of hydrogen-bond acceptors (Lipinski definition) is 3. The molecule has 2 aromatic heterocycles. The van der Waals surface area contributed by atoms with E-state index in [0.29, 0.717) is 0 Å². The quantitative estimate of drug-likeness (QED) is 0.709. The van der Waals surface area contributed by atoms with Gasteiger partial charge in [0.2, 0.25) is 0 Å². The number of fused-ring (bicyclic) bond motifs is 3. The Morgan fingerprint density at radius 3 is 3.04 bits per heavy atom. The molecule has 24 heavy (non-hydrogen) atoms. The molecule has 1 aromatic carbocycles. The fourth-order valence-electron chi connectivity index (χ4n) is 3.70. The summed E-state index contributed by atoms with van der Waals surface area (Å²) in [7, 11) is 2.11. The lowest BCUT2D eigenvalue weighted by Crippen LogP contribution is -2.28. The molecule has 3 aromatic rings. The van der Waals surface area contributed by atoms with Crippen LogP contribution in [0.3, 0.4) is 0 Å². The van der Waals surface area contributed by atoms with Crippen molar-refractivity contribution in [3.05, 3.63) is 71.2 Å². The van der Waals surface area contributed by atoms with Gasteiger partial charge in [-0.25, -0.2) is 0 Å². The first-order valence-electron chi connectivity index (χ1n) is 8.25. The second-order valence-corrected chi connectivity index (χ2v) is 6.47. The molecule has 0 fully saturated rings. The van der Waals surface area contributed by atoms with Crippen LogP contribution in [0, 0.1) is 6.92 Å². The first kappa shape index (κ1) is 15.0. The molecule has 0 saturated carbocycles. The SMILES string of the molecule is Cc1ccc2c(c1)c1c(n2C)C(/C=C(\O)c2cccnc2)CNC1. The number of aryl methyl sites for hydroxylation is 2. The van der Waals surface area contributed by atoms with Gasteiger partial charge in [0.25, 0.3) is 0 Å². The highest BCUT2D eigenvalue weighted by Gasteiger charge is 2.25. The van der Waals surface area contributed by atoms with E-state index in [1.54, 1.807) is 12.4 Å². The second kappa shape index (κ2) is 5.80. The maximum absolute atomic E-state index is 10.5. The zero-order valence-corrected chi connectivity index (χ0v) is 14.0. The highest BCUT2D eigenvalue weighted by molar-refractivity contribution is 5.87. The molecule has 4 rings (SSSR count). The summed E-state index contributed by atoms with van der Waals surface area (Å²) in [4.78, 5) is 4.08. The van der Waals surface area contributed by atoms with Crippen molar-refractivity contribution in [1.82, 2.24) is 14.9 Å². The minimum Gasteiger partial charge on any atom is -0.508 e. The average molecular weight is 319 g/mol. The van der Waals surface area contributed by atoms with Gasteiger partial charge in [0, 0.05) is 60.6 Å². The Morgan fingerprint density at radius 2 is 2.25 bits per heavy atom. The van der Waals surface area contributed by atoms with E-state index < -0.39 is 0 Å². The van der Waals surface area contributed by atoms with Gasteiger partial charge in [-0.1, -0.05) is 11.6 Å². The number of rotatable bonds is 2. The van der Waals surface area contributed by atoms with E-state index in [2.05, 4.69) is 47.0 Å². The third-order valence-corrected chi connectivity index (χ3v) is 4.84. The molecule has 0 bridgehead atoms. The summed E-state index contributed by atoms with van der Waals surface area (Å²) < 4.78 is 2.27. The van der Waals surface area contributed by atoms with Gasteiger partial charge in [-0.2, -0.15) is 0 Å². The summed E-state index contributed by atoms with van der Waals surface area (Å²) in [6, 6.07) is 10.3. The van der Waals surface area contributed by atoms with Gasteiger partial charge < -0.3 is 15.0 Å². The van der Waals surface area contributed by atoms with Crippen LogP contribution in [0.4, 0.5) is 0 Å². The summed E-state index contributed by atoms with van der Waals surface area (Å²) in [5.41, 5.74) is 5.88. The Labute approximate surface area is 141 Å². The topological polar surface area (TPSA) is 50.1 Å². The number of hydrogen-bond donors (Lipinski definition) is 2. The Bertz CT molecular complexity index is 925. The predicted molar refractivity (Wildman–Crippen MR) is 96.9 cm³/mol. The molecule has 1 aliphatic rings. The van der Waals surface area contributed by atoms with Crippen molar-refractivity contribution < 1.29 is 5.11 Å². The standard InChI is InChI=1S/C20H21N3O/c1-13-5-6-18-16(8-13)17-12-22-11-15(20(17)23(18)2)9-19(24)14-4-3-7-21-10-14/h3-10,15,22,24H,11-12H2,1-2H3/b19-9-. The first-order chi connectivity index (χ1) is 11.6. The van der Waals surface area contributed by atoms with Crippen LogP contribution in [0.25, 0.3) is 16.7 Å².